The molecule has 0 spiro atoms. The molecule has 0 aliphatic carbocycles. The molecule has 0 bridgehead atoms. The van der Waals surface area contributed by atoms with Crippen molar-refractivity contribution in [3.8, 4) is 0 Å². The third kappa shape index (κ3) is 15.7. The molecule has 0 aromatic carbocycles. The smallest absolute Gasteiger partial charge is 0.251 e. The summed E-state index contributed by atoms with van der Waals surface area (Å²) < 4.78 is 19.0. The lowest BCUT2D eigenvalue weighted by Crippen LogP contribution is -2.20. The lowest BCUT2D eigenvalue weighted by molar-refractivity contribution is -0.121. The SMILES string of the molecule is COCC(OC)/C(O)=C/P(O)OC.COCN(C)/C=C\C(=O)NC=O. The summed E-state index contributed by atoms with van der Waals surface area (Å²) >= 11 is 0. The Labute approximate surface area is 148 Å². The zero-order valence-corrected chi connectivity index (χ0v) is 15.9. The number of aliphatic hydroxyl groups is 1. The lowest BCUT2D eigenvalue weighted by atomic mass is 10.3. The fourth-order valence-electron chi connectivity index (χ4n) is 1.22. The second-order valence-electron chi connectivity index (χ2n) is 4.34. The molecule has 0 aliphatic rings. The van der Waals surface area contributed by atoms with Crippen molar-refractivity contribution in [3.05, 3.63) is 23.9 Å². The highest BCUT2D eigenvalue weighted by atomic mass is 31.2. The second-order valence-corrected chi connectivity index (χ2v) is 5.56. The number of carbonyl (C=O) groups excluding carboxylic acids is 2. The number of methoxy groups -OCH3 is 3. The van der Waals surface area contributed by atoms with E-state index in [0.29, 0.717) is 13.1 Å². The highest BCUT2D eigenvalue weighted by Crippen LogP contribution is 2.33. The first-order valence-electron chi connectivity index (χ1n) is 6.92. The molecule has 0 fully saturated rings. The Morgan fingerprint density at radius 3 is 2.36 bits per heavy atom. The van der Waals surface area contributed by atoms with Gasteiger partial charge in [0, 0.05) is 53.6 Å². The zero-order chi connectivity index (χ0) is 19.7. The molecule has 0 aromatic heterocycles. The van der Waals surface area contributed by atoms with Gasteiger partial charge in [-0.15, -0.1) is 0 Å². The van der Waals surface area contributed by atoms with Crippen molar-refractivity contribution < 1.29 is 38.3 Å². The van der Waals surface area contributed by atoms with Gasteiger partial charge in [0.1, 0.15) is 18.6 Å². The molecule has 2 unspecified atom stereocenters. The van der Waals surface area contributed by atoms with Crippen LogP contribution in [0.5, 0.6) is 0 Å². The number of imide groups is 1. The van der Waals surface area contributed by atoms with Crippen molar-refractivity contribution >= 4 is 20.7 Å². The Balaban J connectivity index is 0. The number of aliphatic hydroxyl groups excluding tert-OH is 1. The average molecular weight is 382 g/mol. The molecule has 3 N–H and O–H groups in total. The zero-order valence-electron chi connectivity index (χ0n) is 15.0. The Morgan fingerprint density at radius 2 is 1.92 bits per heavy atom. The molecule has 25 heavy (non-hydrogen) atoms. The van der Waals surface area contributed by atoms with Gasteiger partial charge in [0.2, 0.25) is 6.41 Å². The minimum absolute atomic E-state index is 0.0835. The van der Waals surface area contributed by atoms with Crippen LogP contribution in [0.25, 0.3) is 0 Å². The quantitative estimate of drug-likeness (QED) is 0.152. The van der Waals surface area contributed by atoms with Crippen molar-refractivity contribution in [2.45, 2.75) is 6.10 Å². The van der Waals surface area contributed by atoms with Crippen molar-refractivity contribution in [1.82, 2.24) is 10.2 Å². The van der Waals surface area contributed by atoms with Crippen LogP contribution < -0.4 is 5.32 Å². The van der Waals surface area contributed by atoms with E-state index in [1.165, 1.54) is 39.4 Å². The van der Waals surface area contributed by atoms with Crippen LogP contribution in [0, 0.1) is 0 Å². The van der Waals surface area contributed by atoms with E-state index < -0.39 is 20.4 Å². The minimum atomic E-state index is -1.71. The molecule has 0 aliphatic heterocycles. The molecule has 0 aromatic rings. The lowest BCUT2D eigenvalue weighted by Gasteiger charge is -2.13. The third-order valence-electron chi connectivity index (χ3n) is 2.38. The normalized spacial score (nSPS) is 13.6. The van der Waals surface area contributed by atoms with Crippen LogP contribution in [0.3, 0.4) is 0 Å². The van der Waals surface area contributed by atoms with Crippen LogP contribution in [0.2, 0.25) is 0 Å². The number of carbonyl (C=O) groups is 2. The number of hydrogen-bond donors (Lipinski definition) is 3. The maximum Gasteiger partial charge on any atom is 0.251 e. The fraction of sp³-hybridized carbons (Fsp3) is 0.571. The Morgan fingerprint density at radius 1 is 1.28 bits per heavy atom. The molecule has 146 valence electrons. The van der Waals surface area contributed by atoms with Crippen molar-refractivity contribution in [1.29, 1.82) is 0 Å². The van der Waals surface area contributed by atoms with Gasteiger partial charge in [-0.2, -0.15) is 0 Å². The topological polar surface area (TPSA) is 127 Å². The van der Waals surface area contributed by atoms with E-state index in [4.69, 9.17) is 19.1 Å². The highest BCUT2D eigenvalue weighted by Gasteiger charge is 2.13. The Kier molecular flexibility index (Phi) is 17.8. The Bertz CT molecular complexity index is 420. The highest BCUT2D eigenvalue weighted by molar-refractivity contribution is 7.49. The van der Waals surface area contributed by atoms with Crippen LogP contribution >= 0.6 is 8.38 Å². The number of ether oxygens (including phenoxy) is 3. The first-order chi connectivity index (χ1) is 11.9. The van der Waals surface area contributed by atoms with E-state index in [-0.39, 0.29) is 12.4 Å². The Hall–Kier alpha value is -1.55. The van der Waals surface area contributed by atoms with Gasteiger partial charge in [0.25, 0.3) is 5.91 Å². The monoisotopic (exact) mass is 382 g/mol. The maximum atomic E-state index is 10.7. The molecule has 0 heterocycles. The van der Waals surface area contributed by atoms with Crippen LogP contribution in [-0.2, 0) is 28.3 Å². The standard InChI is InChI=1S/C7H12N2O3.C7H15O5P/c1-9(6-12-2)4-3-7(11)8-5-10;1-10-4-7(11-2)6(8)5-13(9)12-3/h3-5H,6H2,1-2H3,(H,8,10,11);5,7-9H,4H2,1-3H3/b4-3-;6-5-. The van der Waals surface area contributed by atoms with E-state index in [1.54, 1.807) is 19.1 Å². The summed E-state index contributed by atoms with van der Waals surface area (Å²) in [6.45, 7) is 0.622. The van der Waals surface area contributed by atoms with Gasteiger partial charge in [0.05, 0.1) is 6.61 Å². The molecule has 0 saturated heterocycles. The van der Waals surface area contributed by atoms with E-state index in [1.807, 2.05) is 5.32 Å². The number of hydrogen-bond acceptors (Lipinski definition) is 9. The summed E-state index contributed by atoms with van der Waals surface area (Å²) in [6, 6.07) is 0. The van der Waals surface area contributed by atoms with E-state index in [0.717, 1.165) is 0 Å². The number of nitrogens with zero attached hydrogens (tertiary/aromatic N) is 1. The maximum absolute atomic E-state index is 10.7. The fourth-order valence-corrected chi connectivity index (χ4v) is 1.72. The minimum Gasteiger partial charge on any atom is -0.509 e. The summed E-state index contributed by atoms with van der Waals surface area (Å²) in [5.41, 5.74) is 0. The van der Waals surface area contributed by atoms with E-state index in [2.05, 4.69) is 4.52 Å². The van der Waals surface area contributed by atoms with E-state index in [9.17, 15) is 14.7 Å². The van der Waals surface area contributed by atoms with Gasteiger partial charge >= 0.3 is 0 Å². The predicted molar refractivity (Wildman–Crippen MR) is 92.5 cm³/mol. The van der Waals surface area contributed by atoms with Crippen molar-refractivity contribution in [2.24, 2.45) is 0 Å². The molecule has 0 radical (unpaired) electrons. The van der Waals surface area contributed by atoms with Crippen molar-refractivity contribution in [2.75, 3.05) is 48.8 Å². The number of rotatable bonds is 11. The molecule has 11 heteroatoms. The summed E-state index contributed by atoms with van der Waals surface area (Å²) in [5, 5.41) is 11.3. The van der Waals surface area contributed by atoms with Crippen LogP contribution in [-0.4, -0.2) is 82.1 Å². The summed E-state index contributed by atoms with van der Waals surface area (Å²) in [5.74, 6) is 0.676. The largest absolute Gasteiger partial charge is 0.509 e. The van der Waals surface area contributed by atoms with Crippen LogP contribution in [0.1, 0.15) is 0 Å². The summed E-state index contributed by atoms with van der Waals surface area (Å²) in [4.78, 5) is 31.1. The number of nitrogens with one attached hydrogen (secondary N) is 1. The summed E-state index contributed by atoms with van der Waals surface area (Å²) in [7, 11) is 5.88. The van der Waals surface area contributed by atoms with Gasteiger partial charge < -0.3 is 33.6 Å². The molecular weight excluding hydrogens is 355 g/mol. The molecular formula is C14H27N2O8P. The van der Waals surface area contributed by atoms with Crippen LogP contribution in [0.4, 0.5) is 0 Å². The molecule has 0 saturated carbocycles. The second kappa shape index (κ2) is 17.3. The van der Waals surface area contributed by atoms with Crippen molar-refractivity contribution in [3.63, 3.8) is 0 Å². The van der Waals surface area contributed by atoms with Gasteiger partial charge in [-0.1, -0.05) is 0 Å². The van der Waals surface area contributed by atoms with Crippen LogP contribution in [0.15, 0.2) is 23.9 Å². The number of amides is 2. The average Bonchev–Trinajstić information content (AvgIpc) is 2.58. The predicted octanol–water partition coefficient (Wildman–Crippen LogP) is 0.306. The molecule has 2 atom stereocenters. The molecule has 10 nitrogen and oxygen atoms in total. The summed E-state index contributed by atoms with van der Waals surface area (Å²) in [6.07, 6.45) is 2.54. The first kappa shape index (κ1) is 25.7. The van der Waals surface area contributed by atoms with E-state index >= 15 is 0 Å². The third-order valence-corrected chi connectivity index (χ3v) is 3.24. The first-order valence-corrected chi connectivity index (χ1v) is 8.20. The van der Waals surface area contributed by atoms with Gasteiger partial charge in [-0.3, -0.25) is 14.9 Å². The molecule has 2 amide bonds. The molecule has 0 rings (SSSR count). The van der Waals surface area contributed by atoms with Gasteiger partial charge in [-0.05, 0) is 0 Å². The van der Waals surface area contributed by atoms with Gasteiger partial charge in [0.15, 0.2) is 8.38 Å². The van der Waals surface area contributed by atoms with Gasteiger partial charge in [-0.25, -0.2) is 0 Å².